The molecule has 1 unspecified atom stereocenters. The Balaban J connectivity index is 1.56. The standard InChI is InChI=1S/C22H33N3O4/c1-28-17-21(26)25(19-10-14-29-15-11-19)20-8-5-13-24(16-20)22(27)23-12-9-18-6-3-2-4-7-18/h2-4,6-7,19-20H,5,8-17H2,1H3,(H,23,27). The summed E-state index contributed by atoms with van der Waals surface area (Å²) in [5, 5.41) is 3.03. The maximum absolute atomic E-state index is 12.8. The van der Waals surface area contributed by atoms with Gasteiger partial charge in [0, 0.05) is 52.0 Å². The van der Waals surface area contributed by atoms with Gasteiger partial charge in [-0.25, -0.2) is 4.79 Å². The molecule has 0 aliphatic carbocycles. The summed E-state index contributed by atoms with van der Waals surface area (Å²) in [6.07, 6.45) is 4.31. The van der Waals surface area contributed by atoms with Crippen LogP contribution in [0.3, 0.4) is 0 Å². The van der Waals surface area contributed by atoms with E-state index in [1.807, 2.05) is 28.0 Å². The van der Waals surface area contributed by atoms with Gasteiger partial charge in [0.15, 0.2) is 0 Å². The Hall–Kier alpha value is -2.12. The Labute approximate surface area is 173 Å². The molecule has 2 fully saturated rings. The van der Waals surface area contributed by atoms with E-state index < -0.39 is 0 Å². The third kappa shape index (κ3) is 6.18. The lowest BCUT2D eigenvalue weighted by Gasteiger charge is -2.44. The van der Waals surface area contributed by atoms with Crippen molar-refractivity contribution in [3.05, 3.63) is 35.9 Å². The summed E-state index contributed by atoms with van der Waals surface area (Å²) in [7, 11) is 1.55. The predicted octanol–water partition coefficient (Wildman–Crippen LogP) is 2.06. The van der Waals surface area contributed by atoms with Crippen LogP contribution in [-0.2, 0) is 20.7 Å². The van der Waals surface area contributed by atoms with Gasteiger partial charge in [-0.1, -0.05) is 30.3 Å². The first kappa shape index (κ1) is 21.6. The maximum atomic E-state index is 12.8. The number of carbonyl (C=O) groups is 2. The van der Waals surface area contributed by atoms with Crippen LogP contribution in [0.15, 0.2) is 30.3 Å². The van der Waals surface area contributed by atoms with Crippen LogP contribution >= 0.6 is 0 Å². The number of piperidine rings is 1. The first-order chi connectivity index (χ1) is 14.2. The molecule has 2 saturated heterocycles. The fourth-order valence-electron chi connectivity index (χ4n) is 4.30. The van der Waals surface area contributed by atoms with Crippen LogP contribution in [-0.4, -0.2) is 80.4 Å². The van der Waals surface area contributed by atoms with Gasteiger partial charge in [-0.3, -0.25) is 4.79 Å². The van der Waals surface area contributed by atoms with Gasteiger partial charge < -0.3 is 24.6 Å². The van der Waals surface area contributed by atoms with Crippen LogP contribution in [0.5, 0.6) is 0 Å². The molecule has 1 N–H and O–H groups in total. The van der Waals surface area contributed by atoms with Gasteiger partial charge in [0.1, 0.15) is 6.61 Å². The average Bonchev–Trinajstić information content (AvgIpc) is 2.76. The monoisotopic (exact) mass is 403 g/mol. The Kier molecular flexibility index (Phi) is 8.31. The molecular formula is C22H33N3O4. The van der Waals surface area contributed by atoms with Crippen LogP contribution < -0.4 is 5.32 Å². The molecule has 0 radical (unpaired) electrons. The molecule has 3 rings (SSSR count). The van der Waals surface area contributed by atoms with E-state index in [-0.39, 0.29) is 30.6 Å². The number of carbonyl (C=O) groups excluding carboxylic acids is 2. The number of urea groups is 1. The highest BCUT2D eigenvalue weighted by atomic mass is 16.5. The summed E-state index contributed by atoms with van der Waals surface area (Å²) in [4.78, 5) is 29.3. The van der Waals surface area contributed by atoms with Crippen molar-refractivity contribution in [3.8, 4) is 0 Å². The molecular weight excluding hydrogens is 370 g/mol. The number of ether oxygens (including phenoxy) is 2. The van der Waals surface area contributed by atoms with Crippen molar-refractivity contribution in [2.24, 2.45) is 0 Å². The van der Waals surface area contributed by atoms with Crippen LogP contribution in [0.25, 0.3) is 0 Å². The summed E-state index contributed by atoms with van der Waals surface area (Å²) >= 11 is 0. The van der Waals surface area contributed by atoms with Gasteiger partial charge in [0.25, 0.3) is 0 Å². The van der Waals surface area contributed by atoms with E-state index in [0.717, 1.165) is 38.6 Å². The molecule has 7 nitrogen and oxygen atoms in total. The Morgan fingerprint density at radius 2 is 1.93 bits per heavy atom. The molecule has 1 atom stereocenters. The van der Waals surface area contributed by atoms with Gasteiger partial charge in [-0.05, 0) is 37.7 Å². The van der Waals surface area contributed by atoms with Gasteiger partial charge >= 0.3 is 6.03 Å². The second kappa shape index (κ2) is 11.2. The Morgan fingerprint density at radius 1 is 1.17 bits per heavy atom. The van der Waals surface area contributed by atoms with Crippen LogP contribution in [0.2, 0.25) is 0 Å². The zero-order valence-corrected chi connectivity index (χ0v) is 17.3. The Morgan fingerprint density at radius 3 is 2.66 bits per heavy atom. The minimum absolute atomic E-state index is 0.00994. The molecule has 0 bridgehead atoms. The summed E-state index contributed by atoms with van der Waals surface area (Å²) in [5.74, 6) is 0.00994. The molecule has 2 heterocycles. The van der Waals surface area contributed by atoms with Gasteiger partial charge in [0.05, 0.1) is 0 Å². The molecule has 1 aromatic rings. The number of amides is 3. The molecule has 0 spiro atoms. The molecule has 2 aliphatic rings. The fraction of sp³-hybridized carbons (Fsp3) is 0.636. The minimum atomic E-state index is -0.0447. The maximum Gasteiger partial charge on any atom is 0.317 e. The third-order valence-electron chi connectivity index (χ3n) is 5.75. The second-order valence-corrected chi connectivity index (χ2v) is 7.79. The first-order valence-electron chi connectivity index (χ1n) is 10.6. The predicted molar refractivity (Wildman–Crippen MR) is 111 cm³/mol. The summed E-state index contributed by atoms with van der Waals surface area (Å²) in [6, 6.07) is 10.3. The van der Waals surface area contributed by atoms with Crippen molar-refractivity contribution in [2.75, 3.05) is 46.6 Å². The van der Waals surface area contributed by atoms with E-state index in [9.17, 15) is 9.59 Å². The number of hydrogen-bond acceptors (Lipinski definition) is 4. The number of benzene rings is 1. The SMILES string of the molecule is COCC(=O)N(C1CCOCC1)C1CCCN(C(=O)NCCc2ccccc2)C1. The van der Waals surface area contributed by atoms with E-state index in [1.165, 1.54) is 5.56 Å². The smallest absolute Gasteiger partial charge is 0.317 e. The molecule has 160 valence electrons. The van der Waals surface area contributed by atoms with Crippen molar-refractivity contribution >= 4 is 11.9 Å². The first-order valence-corrected chi connectivity index (χ1v) is 10.6. The lowest BCUT2D eigenvalue weighted by Crippen LogP contribution is -2.58. The highest BCUT2D eigenvalue weighted by Crippen LogP contribution is 2.23. The van der Waals surface area contributed by atoms with Crippen LogP contribution in [0.4, 0.5) is 4.79 Å². The lowest BCUT2D eigenvalue weighted by molar-refractivity contribution is -0.143. The number of nitrogens with zero attached hydrogens (tertiary/aromatic N) is 2. The summed E-state index contributed by atoms with van der Waals surface area (Å²) in [6.45, 7) is 3.35. The normalized spacial score (nSPS) is 20.3. The van der Waals surface area contributed by atoms with E-state index in [2.05, 4.69) is 17.4 Å². The largest absolute Gasteiger partial charge is 0.381 e. The van der Waals surface area contributed by atoms with E-state index in [1.54, 1.807) is 7.11 Å². The molecule has 0 saturated carbocycles. The quantitative estimate of drug-likeness (QED) is 0.757. The molecule has 3 amide bonds. The number of methoxy groups -OCH3 is 1. The minimum Gasteiger partial charge on any atom is -0.381 e. The van der Waals surface area contributed by atoms with E-state index in [0.29, 0.717) is 26.3 Å². The number of rotatable bonds is 7. The topological polar surface area (TPSA) is 71.1 Å². The van der Waals surface area contributed by atoms with Gasteiger partial charge in [-0.2, -0.15) is 0 Å². The summed E-state index contributed by atoms with van der Waals surface area (Å²) < 4.78 is 10.6. The molecule has 7 heteroatoms. The van der Waals surface area contributed by atoms with E-state index in [4.69, 9.17) is 9.47 Å². The van der Waals surface area contributed by atoms with Crippen molar-refractivity contribution in [1.82, 2.24) is 15.1 Å². The number of nitrogens with one attached hydrogen (secondary N) is 1. The highest BCUT2D eigenvalue weighted by molar-refractivity contribution is 5.78. The van der Waals surface area contributed by atoms with Crippen molar-refractivity contribution in [2.45, 2.75) is 44.2 Å². The third-order valence-corrected chi connectivity index (χ3v) is 5.75. The summed E-state index contributed by atoms with van der Waals surface area (Å²) in [5.41, 5.74) is 1.21. The average molecular weight is 404 g/mol. The van der Waals surface area contributed by atoms with Crippen molar-refractivity contribution in [3.63, 3.8) is 0 Å². The number of likely N-dealkylation sites (tertiary alicyclic amines) is 1. The zero-order chi connectivity index (χ0) is 20.5. The zero-order valence-electron chi connectivity index (χ0n) is 17.3. The lowest BCUT2D eigenvalue weighted by atomic mass is 9.98. The van der Waals surface area contributed by atoms with Gasteiger partial charge in [0.2, 0.25) is 5.91 Å². The molecule has 1 aromatic carbocycles. The molecule has 0 aromatic heterocycles. The molecule has 29 heavy (non-hydrogen) atoms. The van der Waals surface area contributed by atoms with E-state index >= 15 is 0 Å². The van der Waals surface area contributed by atoms with Crippen LogP contribution in [0.1, 0.15) is 31.2 Å². The second-order valence-electron chi connectivity index (χ2n) is 7.79. The van der Waals surface area contributed by atoms with Crippen molar-refractivity contribution in [1.29, 1.82) is 0 Å². The number of hydrogen-bond donors (Lipinski definition) is 1. The van der Waals surface area contributed by atoms with Gasteiger partial charge in [-0.15, -0.1) is 0 Å². The highest BCUT2D eigenvalue weighted by Gasteiger charge is 2.35. The van der Waals surface area contributed by atoms with Crippen molar-refractivity contribution < 1.29 is 19.1 Å². The fourth-order valence-corrected chi connectivity index (χ4v) is 4.30. The Bertz CT molecular complexity index is 649. The molecule has 2 aliphatic heterocycles. The van der Waals surface area contributed by atoms with Crippen LogP contribution in [0, 0.1) is 0 Å².